The normalized spacial score (nSPS) is 11.1. The second-order valence-corrected chi connectivity index (χ2v) is 9.72. The van der Waals surface area contributed by atoms with Crippen molar-refractivity contribution in [3.05, 3.63) is 35.7 Å². The van der Waals surface area contributed by atoms with E-state index < -0.39 is 0 Å². The molecular weight excluding hydrogens is 398 g/mol. The average molecular weight is 420 g/mol. The average Bonchev–Trinajstić information content (AvgIpc) is 3.08. The lowest BCUT2D eigenvalue weighted by molar-refractivity contribution is 0.749. The van der Waals surface area contributed by atoms with Gasteiger partial charge in [0.2, 0.25) is 11.9 Å². The molecule has 27 heavy (non-hydrogen) atoms. The summed E-state index contributed by atoms with van der Waals surface area (Å²) in [6.07, 6.45) is 0. The summed E-state index contributed by atoms with van der Waals surface area (Å²) >= 11 is 4.88. The maximum absolute atomic E-state index is 5.84. The number of thioether (sulfide) groups is 2. The third kappa shape index (κ3) is 6.33. The van der Waals surface area contributed by atoms with Crippen molar-refractivity contribution in [2.45, 2.75) is 35.2 Å². The fourth-order valence-corrected chi connectivity index (χ4v) is 4.85. The number of aromatic nitrogens is 5. The Bertz CT molecular complexity index is 880. The fourth-order valence-electron chi connectivity index (χ4n) is 2.00. The Hall–Kier alpha value is -1.91. The molecule has 2 aromatic heterocycles. The van der Waals surface area contributed by atoms with Crippen LogP contribution in [0.2, 0.25) is 0 Å². The molecule has 0 atom stereocenters. The van der Waals surface area contributed by atoms with Crippen LogP contribution < -0.4 is 11.1 Å². The first-order chi connectivity index (χ1) is 13.0. The molecule has 0 aliphatic heterocycles. The quantitative estimate of drug-likeness (QED) is 0.514. The van der Waals surface area contributed by atoms with Crippen LogP contribution in [0.4, 0.5) is 17.6 Å². The van der Waals surface area contributed by atoms with Gasteiger partial charge in [0.05, 0.1) is 5.75 Å². The van der Waals surface area contributed by atoms with Crippen molar-refractivity contribution in [3.8, 4) is 0 Å². The van der Waals surface area contributed by atoms with Crippen molar-refractivity contribution in [3.63, 3.8) is 0 Å². The molecule has 142 valence electrons. The molecule has 1 aromatic carbocycles. The fraction of sp³-hybridized carbons (Fsp3) is 0.353. The first-order valence-electron chi connectivity index (χ1n) is 8.41. The maximum atomic E-state index is 5.84. The minimum absolute atomic E-state index is 0.195. The highest BCUT2D eigenvalue weighted by Gasteiger charge is 2.10. The van der Waals surface area contributed by atoms with Crippen molar-refractivity contribution in [1.29, 1.82) is 0 Å². The highest BCUT2D eigenvalue weighted by atomic mass is 32.2. The van der Waals surface area contributed by atoms with Gasteiger partial charge in [-0.1, -0.05) is 66.4 Å². The summed E-state index contributed by atoms with van der Waals surface area (Å²) in [4.78, 5) is 12.8. The van der Waals surface area contributed by atoms with E-state index in [1.165, 1.54) is 5.56 Å². The van der Waals surface area contributed by atoms with Gasteiger partial charge in [-0.3, -0.25) is 0 Å². The van der Waals surface area contributed by atoms with Gasteiger partial charge in [-0.25, -0.2) is 0 Å². The lowest BCUT2D eigenvalue weighted by Gasteiger charge is -2.07. The van der Waals surface area contributed by atoms with E-state index in [4.69, 9.17) is 5.73 Å². The highest BCUT2D eigenvalue weighted by molar-refractivity contribution is 8.02. The first kappa shape index (κ1) is 19.8. The van der Waals surface area contributed by atoms with Crippen molar-refractivity contribution >= 4 is 52.4 Å². The Morgan fingerprint density at radius 3 is 2.44 bits per heavy atom. The summed E-state index contributed by atoms with van der Waals surface area (Å²) in [5.74, 6) is 3.46. The molecule has 0 bridgehead atoms. The van der Waals surface area contributed by atoms with Crippen molar-refractivity contribution in [2.24, 2.45) is 5.92 Å². The molecule has 0 saturated carbocycles. The van der Waals surface area contributed by atoms with Gasteiger partial charge in [0.15, 0.2) is 8.68 Å². The van der Waals surface area contributed by atoms with E-state index in [0.29, 0.717) is 23.4 Å². The number of hydrogen-bond acceptors (Lipinski definition) is 10. The molecule has 0 radical (unpaired) electrons. The van der Waals surface area contributed by atoms with Crippen LogP contribution in [0.1, 0.15) is 25.2 Å². The van der Waals surface area contributed by atoms with Crippen LogP contribution in [0.15, 0.2) is 32.9 Å². The van der Waals surface area contributed by atoms with Gasteiger partial charge >= 0.3 is 0 Å². The van der Waals surface area contributed by atoms with Gasteiger partial charge in [-0.05, 0) is 25.0 Å². The molecule has 3 rings (SSSR count). The monoisotopic (exact) mass is 419 g/mol. The van der Waals surface area contributed by atoms with Gasteiger partial charge in [-0.15, -0.1) is 10.2 Å². The smallest absolute Gasteiger partial charge is 0.232 e. The van der Waals surface area contributed by atoms with Crippen LogP contribution in [0, 0.1) is 12.8 Å². The number of benzene rings is 1. The number of nitrogens with zero attached hydrogens (tertiary/aromatic N) is 5. The molecule has 3 N–H and O–H groups in total. The Kier molecular flexibility index (Phi) is 6.86. The first-order valence-corrected chi connectivity index (χ1v) is 11.2. The number of nitrogens with one attached hydrogen (secondary N) is 1. The summed E-state index contributed by atoms with van der Waals surface area (Å²) in [5, 5.41) is 11.6. The topological polar surface area (TPSA) is 102 Å². The van der Waals surface area contributed by atoms with Crippen LogP contribution in [0.3, 0.4) is 0 Å². The molecule has 0 aliphatic carbocycles. The number of rotatable bonds is 8. The molecule has 3 aromatic rings. The van der Waals surface area contributed by atoms with Gasteiger partial charge in [0.1, 0.15) is 5.82 Å². The van der Waals surface area contributed by atoms with E-state index in [9.17, 15) is 0 Å². The molecule has 10 heteroatoms. The zero-order chi connectivity index (χ0) is 19.2. The number of aryl methyl sites for hydroxylation is 1. The van der Waals surface area contributed by atoms with Crippen LogP contribution in [-0.4, -0.2) is 30.9 Å². The minimum Gasteiger partial charge on any atom is -0.368 e. The van der Waals surface area contributed by atoms with E-state index in [0.717, 1.165) is 20.1 Å². The Balaban J connectivity index is 1.61. The number of anilines is 3. The summed E-state index contributed by atoms with van der Waals surface area (Å²) in [6.45, 7) is 6.43. The second kappa shape index (κ2) is 9.34. The van der Waals surface area contributed by atoms with E-state index in [2.05, 4.69) is 44.3 Å². The van der Waals surface area contributed by atoms with E-state index >= 15 is 0 Å². The third-order valence-electron chi connectivity index (χ3n) is 3.26. The van der Waals surface area contributed by atoms with E-state index in [1.807, 2.05) is 31.2 Å². The molecular formula is C17H21N7S3. The Morgan fingerprint density at radius 2 is 1.74 bits per heavy atom. The zero-order valence-electron chi connectivity index (χ0n) is 15.3. The highest BCUT2D eigenvalue weighted by Crippen LogP contribution is 2.31. The summed E-state index contributed by atoms with van der Waals surface area (Å²) in [6, 6.07) is 7.99. The molecule has 0 fully saturated rings. The maximum Gasteiger partial charge on any atom is 0.232 e. The van der Waals surface area contributed by atoms with Crippen molar-refractivity contribution < 1.29 is 0 Å². The van der Waals surface area contributed by atoms with Crippen LogP contribution >= 0.6 is 34.9 Å². The van der Waals surface area contributed by atoms with E-state index in [-0.39, 0.29) is 5.95 Å². The van der Waals surface area contributed by atoms with Crippen LogP contribution in [-0.2, 0) is 5.75 Å². The van der Waals surface area contributed by atoms with Crippen molar-refractivity contribution in [2.75, 3.05) is 16.8 Å². The van der Waals surface area contributed by atoms with Gasteiger partial charge in [0.25, 0.3) is 0 Å². The van der Waals surface area contributed by atoms with Gasteiger partial charge in [-0.2, -0.15) is 15.0 Å². The number of nitrogen functional groups attached to an aromatic ring is 1. The van der Waals surface area contributed by atoms with Gasteiger partial charge < -0.3 is 11.1 Å². The Labute approximate surface area is 171 Å². The molecule has 0 aliphatic rings. The molecule has 7 nitrogen and oxygen atoms in total. The predicted molar refractivity (Wildman–Crippen MR) is 114 cm³/mol. The standard InChI is InChI=1S/C17H21N7S3/c1-10(2)8-25-16-23-24-17(27-16)26-9-13-20-14(18)22-15(21-13)19-12-6-4-11(3)5-7-12/h4-7,10H,8-9H2,1-3H3,(H3,18,19,20,21,22). The lowest BCUT2D eigenvalue weighted by Crippen LogP contribution is -2.06. The van der Waals surface area contributed by atoms with Crippen LogP contribution in [0.5, 0.6) is 0 Å². The zero-order valence-corrected chi connectivity index (χ0v) is 17.8. The lowest BCUT2D eigenvalue weighted by atomic mass is 10.2. The molecule has 0 saturated heterocycles. The second-order valence-electron chi connectivity index (χ2n) is 6.25. The van der Waals surface area contributed by atoms with Crippen molar-refractivity contribution in [1.82, 2.24) is 25.1 Å². The minimum atomic E-state index is 0.195. The largest absolute Gasteiger partial charge is 0.368 e. The summed E-state index contributed by atoms with van der Waals surface area (Å²) < 4.78 is 1.89. The molecule has 2 heterocycles. The predicted octanol–water partition coefficient (Wildman–Crippen LogP) is 4.40. The molecule has 0 amide bonds. The number of nitrogens with two attached hydrogens (primary N) is 1. The summed E-state index contributed by atoms with van der Waals surface area (Å²) in [5.41, 5.74) is 7.93. The SMILES string of the molecule is Cc1ccc(Nc2nc(N)nc(CSc3nnc(SCC(C)C)s3)n2)cc1. The van der Waals surface area contributed by atoms with E-state index in [1.54, 1.807) is 34.9 Å². The number of hydrogen-bond donors (Lipinski definition) is 2. The van der Waals surface area contributed by atoms with Crippen LogP contribution in [0.25, 0.3) is 0 Å². The van der Waals surface area contributed by atoms with Gasteiger partial charge in [0, 0.05) is 11.4 Å². The molecule has 0 unspecified atom stereocenters. The Morgan fingerprint density at radius 1 is 1.04 bits per heavy atom. The molecule has 0 spiro atoms. The third-order valence-corrected chi connectivity index (χ3v) is 6.87. The summed E-state index contributed by atoms with van der Waals surface area (Å²) in [7, 11) is 0.